The first-order valence-corrected chi connectivity index (χ1v) is 7.67. The Kier molecular flexibility index (Phi) is 7.62. The van der Waals surface area contributed by atoms with Gasteiger partial charge in [-0.05, 0) is 31.4 Å². The van der Waals surface area contributed by atoms with Crippen molar-refractivity contribution in [2.24, 2.45) is 5.73 Å². The predicted molar refractivity (Wildman–Crippen MR) is 101 cm³/mol. The van der Waals surface area contributed by atoms with Crippen molar-refractivity contribution in [3.8, 4) is 5.88 Å². The molecule has 1 fully saturated rings. The number of benzene rings is 1. The summed E-state index contributed by atoms with van der Waals surface area (Å²) in [6.45, 7) is 0. The van der Waals surface area contributed by atoms with E-state index >= 15 is 0 Å². The first kappa shape index (κ1) is 21.6. The van der Waals surface area contributed by atoms with Gasteiger partial charge in [0.05, 0.1) is 31.0 Å². The number of anilines is 1. The van der Waals surface area contributed by atoms with E-state index in [9.17, 15) is 9.50 Å². The van der Waals surface area contributed by atoms with Gasteiger partial charge in [0.25, 0.3) is 0 Å². The Morgan fingerprint density at radius 1 is 1.32 bits per heavy atom. The maximum Gasteiger partial charge on any atom is 0.232 e. The van der Waals surface area contributed by atoms with Crippen molar-refractivity contribution in [3.05, 3.63) is 24.1 Å². The monoisotopic (exact) mass is 392 g/mol. The van der Waals surface area contributed by atoms with Gasteiger partial charge in [0.1, 0.15) is 17.0 Å². The summed E-state index contributed by atoms with van der Waals surface area (Å²) in [4.78, 5) is 10.3. The lowest BCUT2D eigenvalue weighted by molar-refractivity contribution is 0.0969. The van der Waals surface area contributed by atoms with Gasteiger partial charge in [-0.25, -0.2) is 14.4 Å². The van der Waals surface area contributed by atoms with Crippen LogP contribution >= 0.6 is 24.8 Å². The molecule has 0 saturated heterocycles. The Morgan fingerprint density at radius 3 is 2.68 bits per heavy atom. The van der Waals surface area contributed by atoms with Crippen LogP contribution in [0.3, 0.4) is 0 Å². The number of aliphatic hydroxyl groups excluding tert-OH is 1. The maximum absolute atomic E-state index is 14.5. The van der Waals surface area contributed by atoms with Crippen molar-refractivity contribution < 1.29 is 14.2 Å². The maximum atomic E-state index is 14.5. The lowest BCUT2D eigenvalue weighted by Gasteiger charge is -2.38. The normalized spacial score (nSPS) is 22.7. The predicted octanol–water partition coefficient (Wildman–Crippen LogP) is 2.30. The minimum absolute atomic E-state index is 0. The van der Waals surface area contributed by atoms with Crippen molar-refractivity contribution in [2.45, 2.75) is 37.5 Å². The zero-order chi connectivity index (χ0) is 16.6. The molecule has 9 heteroatoms. The SMILES string of the molecule is COc1cnc2ccc(F)c(N(C)[C@@H]3CC[C@@H](N)C[C@@H]3O)c2n1.Cl.Cl. The van der Waals surface area contributed by atoms with Crippen LogP contribution in [-0.4, -0.2) is 47.4 Å². The zero-order valence-electron chi connectivity index (χ0n) is 14.1. The van der Waals surface area contributed by atoms with Crippen molar-refractivity contribution in [3.63, 3.8) is 0 Å². The fraction of sp³-hybridized carbons (Fsp3) is 0.500. The van der Waals surface area contributed by atoms with E-state index in [0.29, 0.717) is 35.4 Å². The summed E-state index contributed by atoms with van der Waals surface area (Å²) in [5.74, 6) is -0.0754. The van der Waals surface area contributed by atoms with Crippen molar-refractivity contribution in [1.29, 1.82) is 0 Å². The first-order chi connectivity index (χ1) is 11.0. The van der Waals surface area contributed by atoms with E-state index in [2.05, 4.69) is 9.97 Å². The Balaban J connectivity index is 0.00000156. The van der Waals surface area contributed by atoms with Crippen LogP contribution < -0.4 is 15.4 Å². The van der Waals surface area contributed by atoms with Crippen LogP contribution in [0.2, 0.25) is 0 Å². The van der Waals surface area contributed by atoms with Crippen LogP contribution in [0, 0.1) is 5.82 Å². The largest absolute Gasteiger partial charge is 0.480 e. The van der Waals surface area contributed by atoms with Crippen LogP contribution in [-0.2, 0) is 0 Å². The highest BCUT2D eigenvalue weighted by atomic mass is 35.5. The molecule has 1 saturated carbocycles. The number of ether oxygens (including phenoxy) is 1. The van der Waals surface area contributed by atoms with Gasteiger partial charge >= 0.3 is 0 Å². The minimum atomic E-state index is -0.600. The molecule has 0 aliphatic heterocycles. The van der Waals surface area contributed by atoms with Gasteiger partial charge in [-0.2, -0.15) is 0 Å². The van der Waals surface area contributed by atoms with Gasteiger partial charge in [-0.3, -0.25) is 0 Å². The lowest BCUT2D eigenvalue weighted by atomic mass is 9.88. The quantitative estimate of drug-likeness (QED) is 0.833. The van der Waals surface area contributed by atoms with Crippen LogP contribution in [0.15, 0.2) is 18.3 Å². The fourth-order valence-corrected chi connectivity index (χ4v) is 3.24. The highest BCUT2D eigenvalue weighted by Gasteiger charge is 2.32. The van der Waals surface area contributed by atoms with Gasteiger partial charge in [-0.15, -0.1) is 24.8 Å². The van der Waals surface area contributed by atoms with Crippen molar-refractivity contribution >= 4 is 41.5 Å². The highest BCUT2D eigenvalue weighted by molar-refractivity contribution is 5.89. The van der Waals surface area contributed by atoms with Gasteiger partial charge in [0.15, 0.2) is 0 Å². The molecule has 3 N–H and O–H groups in total. The third-order valence-electron chi connectivity index (χ3n) is 4.50. The average molecular weight is 393 g/mol. The van der Waals surface area contributed by atoms with Crippen LogP contribution in [0.4, 0.5) is 10.1 Å². The molecule has 1 aliphatic rings. The van der Waals surface area contributed by atoms with Crippen LogP contribution in [0.25, 0.3) is 11.0 Å². The first-order valence-electron chi connectivity index (χ1n) is 7.67. The molecule has 3 atom stereocenters. The van der Waals surface area contributed by atoms with E-state index in [1.807, 2.05) is 0 Å². The molecule has 3 rings (SSSR count). The zero-order valence-corrected chi connectivity index (χ0v) is 15.7. The van der Waals surface area contributed by atoms with E-state index in [1.165, 1.54) is 19.4 Å². The molecule has 0 amide bonds. The van der Waals surface area contributed by atoms with Crippen molar-refractivity contribution in [2.75, 3.05) is 19.1 Å². The number of nitrogens with zero attached hydrogens (tertiary/aromatic N) is 3. The second kappa shape index (κ2) is 8.80. The number of fused-ring (bicyclic) bond motifs is 1. The topological polar surface area (TPSA) is 84.5 Å². The average Bonchev–Trinajstić information content (AvgIpc) is 2.53. The summed E-state index contributed by atoms with van der Waals surface area (Å²) in [5.41, 5.74) is 7.22. The lowest BCUT2D eigenvalue weighted by Crippen LogP contribution is -2.48. The summed E-state index contributed by atoms with van der Waals surface area (Å²) in [6.07, 6.45) is 2.91. The van der Waals surface area contributed by atoms with E-state index in [4.69, 9.17) is 10.5 Å². The third-order valence-corrected chi connectivity index (χ3v) is 4.50. The van der Waals surface area contributed by atoms with E-state index in [1.54, 1.807) is 18.0 Å². The van der Waals surface area contributed by atoms with Crippen molar-refractivity contribution in [1.82, 2.24) is 9.97 Å². The fourth-order valence-electron chi connectivity index (χ4n) is 3.24. The van der Waals surface area contributed by atoms with Crippen LogP contribution in [0.5, 0.6) is 5.88 Å². The van der Waals surface area contributed by atoms with Crippen LogP contribution in [0.1, 0.15) is 19.3 Å². The van der Waals surface area contributed by atoms with Gasteiger partial charge in [0, 0.05) is 13.1 Å². The van der Waals surface area contributed by atoms with E-state index in [-0.39, 0.29) is 36.9 Å². The molecule has 1 aromatic carbocycles. The summed E-state index contributed by atoms with van der Waals surface area (Å²) in [6, 6.07) is 2.74. The number of aromatic nitrogens is 2. The van der Waals surface area contributed by atoms with Gasteiger partial charge in [0.2, 0.25) is 5.88 Å². The number of rotatable bonds is 3. The summed E-state index contributed by atoms with van der Waals surface area (Å²) < 4.78 is 19.6. The molecular weight excluding hydrogens is 370 g/mol. The smallest absolute Gasteiger partial charge is 0.232 e. The molecule has 0 spiro atoms. The molecule has 1 aliphatic carbocycles. The summed E-state index contributed by atoms with van der Waals surface area (Å²) >= 11 is 0. The number of hydrogen-bond donors (Lipinski definition) is 2. The molecule has 0 bridgehead atoms. The second-order valence-electron chi connectivity index (χ2n) is 5.99. The van der Waals surface area contributed by atoms with Gasteiger partial charge in [-0.1, -0.05) is 0 Å². The number of hydrogen-bond acceptors (Lipinski definition) is 6. The Bertz CT molecular complexity index is 722. The molecule has 2 aromatic rings. The van der Waals surface area contributed by atoms with E-state index in [0.717, 1.165) is 6.42 Å². The molecule has 25 heavy (non-hydrogen) atoms. The molecule has 1 heterocycles. The standard InChI is InChI=1S/C16H21FN4O2.2ClH/c1-21(12-6-3-9(18)7-13(12)22)16-10(17)4-5-11-15(16)20-14(23-2)8-19-11;;/h4-5,8-9,12-13,22H,3,6-7,18H2,1-2H3;2*1H/t9-,12-,13+;;/m1../s1. The minimum Gasteiger partial charge on any atom is -0.480 e. The summed E-state index contributed by atoms with van der Waals surface area (Å²) in [5, 5.41) is 10.3. The molecule has 140 valence electrons. The third kappa shape index (κ3) is 4.23. The Labute approximate surface area is 158 Å². The Morgan fingerprint density at radius 2 is 2.04 bits per heavy atom. The van der Waals surface area contributed by atoms with E-state index < -0.39 is 11.9 Å². The highest BCUT2D eigenvalue weighted by Crippen LogP contribution is 2.33. The number of methoxy groups -OCH3 is 1. The molecule has 1 aromatic heterocycles. The number of aliphatic hydroxyl groups is 1. The summed E-state index contributed by atoms with van der Waals surface area (Å²) in [7, 11) is 3.26. The molecular formula is C16H23Cl2FN4O2. The molecule has 0 radical (unpaired) electrons. The van der Waals surface area contributed by atoms with Gasteiger partial charge < -0.3 is 20.5 Å². The molecule has 6 nitrogen and oxygen atoms in total. The number of nitrogens with two attached hydrogens (primary N) is 1. The number of likely N-dealkylation sites (N-methyl/N-ethyl adjacent to an activating group) is 1. The number of halogens is 3. The Hall–Kier alpha value is -1.41. The molecule has 0 unspecified atom stereocenters. The second-order valence-corrected chi connectivity index (χ2v) is 5.99.